The third-order valence-corrected chi connectivity index (χ3v) is 3.44. The van der Waals surface area contributed by atoms with Gasteiger partial charge in [-0.05, 0) is 36.6 Å². The molecule has 0 saturated carbocycles. The lowest BCUT2D eigenvalue weighted by atomic mass is 10.0. The fourth-order valence-corrected chi connectivity index (χ4v) is 2.30. The molecule has 0 saturated heterocycles. The molecular formula is C18H21N. The van der Waals surface area contributed by atoms with E-state index in [-0.39, 0.29) is 0 Å². The van der Waals surface area contributed by atoms with Crippen molar-refractivity contribution in [2.24, 2.45) is 0 Å². The van der Waals surface area contributed by atoms with Crippen LogP contribution in [-0.4, -0.2) is 7.05 Å². The summed E-state index contributed by atoms with van der Waals surface area (Å²) in [6.07, 6.45) is 0. The van der Waals surface area contributed by atoms with Crippen LogP contribution in [0.3, 0.4) is 0 Å². The van der Waals surface area contributed by atoms with Gasteiger partial charge in [-0.15, -0.1) is 0 Å². The van der Waals surface area contributed by atoms with Gasteiger partial charge in [0.15, 0.2) is 0 Å². The summed E-state index contributed by atoms with van der Waals surface area (Å²) in [4.78, 5) is 2.28. The first-order valence-corrected chi connectivity index (χ1v) is 6.60. The second-order valence-electron chi connectivity index (χ2n) is 5.08. The van der Waals surface area contributed by atoms with Gasteiger partial charge in [0, 0.05) is 24.8 Å². The summed E-state index contributed by atoms with van der Waals surface area (Å²) in [5, 5.41) is 0. The lowest BCUT2D eigenvalue weighted by Crippen LogP contribution is -2.18. The van der Waals surface area contributed by atoms with Crippen molar-refractivity contribution in [3.63, 3.8) is 0 Å². The molecule has 0 N–H and O–H groups in total. The third-order valence-electron chi connectivity index (χ3n) is 3.44. The number of aryl methyl sites for hydroxylation is 1. The topological polar surface area (TPSA) is 3.24 Å². The molecule has 0 atom stereocenters. The Hall–Kier alpha value is -2.02. The zero-order valence-corrected chi connectivity index (χ0v) is 12.0. The number of benzene rings is 2. The van der Waals surface area contributed by atoms with Crippen molar-refractivity contribution in [3.8, 4) is 0 Å². The smallest absolute Gasteiger partial charge is 0.0442 e. The fourth-order valence-electron chi connectivity index (χ4n) is 2.30. The van der Waals surface area contributed by atoms with Crippen LogP contribution in [0.25, 0.3) is 5.57 Å². The summed E-state index contributed by atoms with van der Waals surface area (Å²) in [5.41, 5.74) is 6.26. The summed E-state index contributed by atoms with van der Waals surface area (Å²) >= 11 is 0. The van der Waals surface area contributed by atoms with Gasteiger partial charge >= 0.3 is 0 Å². The molecule has 2 aromatic rings. The van der Waals surface area contributed by atoms with E-state index in [1.165, 1.54) is 22.4 Å². The van der Waals surface area contributed by atoms with Crippen LogP contribution >= 0.6 is 0 Å². The average molecular weight is 251 g/mol. The monoisotopic (exact) mass is 251 g/mol. The normalized spacial score (nSPS) is 10.3. The Balaban J connectivity index is 2.28. The highest BCUT2D eigenvalue weighted by Gasteiger charge is 2.08. The molecule has 0 aliphatic rings. The summed E-state index contributed by atoms with van der Waals surface area (Å²) in [5.74, 6) is 0. The summed E-state index contributed by atoms with van der Waals surface area (Å²) in [7, 11) is 2.13. The van der Waals surface area contributed by atoms with Crippen molar-refractivity contribution >= 4 is 11.3 Å². The van der Waals surface area contributed by atoms with Gasteiger partial charge in [-0.2, -0.15) is 0 Å². The van der Waals surface area contributed by atoms with Gasteiger partial charge in [0.25, 0.3) is 0 Å². The maximum absolute atomic E-state index is 4.07. The summed E-state index contributed by atoms with van der Waals surface area (Å²) < 4.78 is 0. The lowest BCUT2D eigenvalue weighted by molar-refractivity contribution is 0.912. The van der Waals surface area contributed by atoms with Gasteiger partial charge < -0.3 is 4.90 Å². The number of para-hydroxylation sites is 1. The van der Waals surface area contributed by atoms with E-state index in [0.29, 0.717) is 0 Å². The predicted molar refractivity (Wildman–Crippen MR) is 84.4 cm³/mol. The molecule has 2 rings (SSSR count). The van der Waals surface area contributed by atoms with Crippen molar-refractivity contribution in [1.82, 2.24) is 0 Å². The molecule has 0 radical (unpaired) electrons. The Labute approximate surface area is 116 Å². The fraction of sp³-hybridized carbons (Fsp3) is 0.222. The summed E-state index contributed by atoms with van der Waals surface area (Å²) in [6.45, 7) is 9.20. The van der Waals surface area contributed by atoms with E-state index in [4.69, 9.17) is 0 Å². The lowest BCUT2D eigenvalue weighted by Gasteiger charge is -2.23. The molecule has 0 aromatic heterocycles. The molecule has 0 bridgehead atoms. The number of allylic oxidation sites excluding steroid dienone is 1. The SMILES string of the molecule is C=C(C)c1ccccc1N(C)Cc1ccccc1C. The number of nitrogens with zero attached hydrogens (tertiary/aromatic N) is 1. The first kappa shape index (κ1) is 13.4. The maximum Gasteiger partial charge on any atom is 0.0442 e. The van der Waals surface area contributed by atoms with Crippen LogP contribution in [0.4, 0.5) is 5.69 Å². The largest absolute Gasteiger partial charge is 0.370 e. The van der Waals surface area contributed by atoms with E-state index in [1.54, 1.807) is 0 Å². The van der Waals surface area contributed by atoms with E-state index in [1.807, 2.05) is 0 Å². The minimum atomic E-state index is 0.914. The van der Waals surface area contributed by atoms with Crippen LogP contribution in [0.15, 0.2) is 55.1 Å². The molecule has 1 heteroatoms. The molecule has 0 amide bonds. The van der Waals surface area contributed by atoms with Crippen molar-refractivity contribution < 1.29 is 0 Å². The first-order chi connectivity index (χ1) is 9.09. The first-order valence-electron chi connectivity index (χ1n) is 6.60. The minimum Gasteiger partial charge on any atom is -0.370 e. The van der Waals surface area contributed by atoms with Gasteiger partial charge in [0.2, 0.25) is 0 Å². The zero-order chi connectivity index (χ0) is 13.8. The minimum absolute atomic E-state index is 0.914. The molecule has 0 heterocycles. The number of rotatable bonds is 4. The Morgan fingerprint density at radius 3 is 2.37 bits per heavy atom. The Morgan fingerprint density at radius 1 is 1.05 bits per heavy atom. The van der Waals surface area contributed by atoms with Crippen molar-refractivity contribution in [3.05, 3.63) is 71.8 Å². The molecule has 0 fully saturated rings. The molecular weight excluding hydrogens is 230 g/mol. The maximum atomic E-state index is 4.07. The second kappa shape index (κ2) is 5.75. The van der Waals surface area contributed by atoms with Crippen molar-refractivity contribution in [2.45, 2.75) is 20.4 Å². The molecule has 2 aromatic carbocycles. The Kier molecular flexibility index (Phi) is 4.06. The van der Waals surface area contributed by atoms with Gasteiger partial charge in [-0.1, -0.05) is 49.0 Å². The number of hydrogen-bond donors (Lipinski definition) is 0. The highest BCUT2D eigenvalue weighted by atomic mass is 15.1. The van der Waals surface area contributed by atoms with Crippen LogP contribution < -0.4 is 4.90 Å². The molecule has 0 aliphatic carbocycles. The van der Waals surface area contributed by atoms with E-state index >= 15 is 0 Å². The number of anilines is 1. The molecule has 0 aliphatic heterocycles. The van der Waals surface area contributed by atoms with Crippen LogP contribution in [0.2, 0.25) is 0 Å². The predicted octanol–water partition coefficient (Wildman–Crippen LogP) is 4.66. The highest BCUT2D eigenvalue weighted by Crippen LogP contribution is 2.26. The van der Waals surface area contributed by atoms with Gasteiger partial charge in [-0.25, -0.2) is 0 Å². The zero-order valence-electron chi connectivity index (χ0n) is 12.0. The average Bonchev–Trinajstić information content (AvgIpc) is 2.41. The van der Waals surface area contributed by atoms with Crippen LogP contribution in [0, 0.1) is 6.92 Å². The highest BCUT2D eigenvalue weighted by molar-refractivity contribution is 5.74. The molecule has 0 unspecified atom stereocenters. The van der Waals surface area contributed by atoms with E-state index in [0.717, 1.165) is 12.1 Å². The second-order valence-corrected chi connectivity index (χ2v) is 5.08. The van der Waals surface area contributed by atoms with Crippen molar-refractivity contribution in [2.75, 3.05) is 11.9 Å². The molecule has 19 heavy (non-hydrogen) atoms. The standard InChI is InChI=1S/C18H21N/c1-14(2)17-11-7-8-12-18(17)19(4)13-16-10-6-5-9-15(16)3/h5-12H,1,13H2,2-4H3. The van der Waals surface area contributed by atoms with E-state index in [2.05, 4.69) is 80.9 Å². The van der Waals surface area contributed by atoms with Crippen LogP contribution in [0.1, 0.15) is 23.6 Å². The Morgan fingerprint density at radius 2 is 1.68 bits per heavy atom. The van der Waals surface area contributed by atoms with E-state index < -0.39 is 0 Å². The molecule has 1 nitrogen and oxygen atoms in total. The van der Waals surface area contributed by atoms with E-state index in [9.17, 15) is 0 Å². The molecule has 98 valence electrons. The molecule has 0 spiro atoms. The summed E-state index contributed by atoms with van der Waals surface area (Å²) in [6, 6.07) is 17.0. The number of hydrogen-bond acceptors (Lipinski definition) is 1. The van der Waals surface area contributed by atoms with Gasteiger partial charge in [0.05, 0.1) is 0 Å². The van der Waals surface area contributed by atoms with Gasteiger partial charge in [-0.3, -0.25) is 0 Å². The quantitative estimate of drug-likeness (QED) is 0.763. The Bertz CT molecular complexity index is 584. The van der Waals surface area contributed by atoms with Crippen molar-refractivity contribution in [1.29, 1.82) is 0 Å². The van der Waals surface area contributed by atoms with Crippen LogP contribution in [0.5, 0.6) is 0 Å². The van der Waals surface area contributed by atoms with Gasteiger partial charge in [0.1, 0.15) is 0 Å². The van der Waals surface area contributed by atoms with Crippen LogP contribution in [-0.2, 0) is 6.54 Å². The third kappa shape index (κ3) is 3.05.